The molecule has 0 saturated carbocycles. The summed E-state index contributed by atoms with van der Waals surface area (Å²) in [5.74, 6) is -1.01. The minimum Gasteiger partial charge on any atom is -0.454 e. The van der Waals surface area contributed by atoms with Gasteiger partial charge in [0, 0.05) is 38.8 Å². The number of halogens is 2. The van der Waals surface area contributed by atoms with Gasteiger partial charge in [-0.3, -0.25) is 0 Å². The third-order valence-electron chi connectivity index (χ3n) is 4.72. The Morgan fingerprint density at radius 3 is 2.46 bits per heavy atom. The van der Waals surface area contributed by atoms with Crippen molar-refractivity contribution in [1.29, 1.82) is 0 Å². The van der Waals surface area contributed by atoms with Crippen LogP contribution in [-0.2, 0) is 5.60 Å². The maximum Gasteiger partial charge on any atom is 0.168 e. The summed E-state index contributed by atoms with van der Waals surface area (Å²) in [7, 11) is 0. The van der Waals surface area contributed by atoms with E-state index in [1.807, 2.05) is 0 Å². The van der Waals surface area contributed by atoms with Crippen LogP contribution in [0, 0.1) is 11.6 Å². The van der Waals surface area contributed by atoms with E-state index >= 15 is 0 Å². The van der Waals surface area contributed by atoms with Gasteiger partial charge in [-0.1, -0.05) is 12.1 Å². The summed E-state index contributed by atoms with van der Waals surface area (Å²) in [6, 6.07) is 10.1. The Hall–Kier alpha value is -2.02. The first-order chi connectivity index (χ1) is 12.4. The van der Waals surface area contributed by atoms with Crippen molar-refractivity contribution in [3.05, 3.63) is 59.7 Å². The Morgan fingerprint density at radius 2 is 1.81 bits per heavy atom. The van der Waals surface area contributed by atoms with Crippen LogP contribution < -0.4 is 10.1 Å². The summed E-state index contributed by atoms with van der Waals surface area (Å²) in [6.45, 7) is 6.57. The molecule has 0 aromatic heterocycles. The Bertz CT molecular complexity index is 729. The molecule has 4 nitrogen and oxygen atoms in total. The molecule has 1 fully saturated rings. The van der Waals surface area contributed by atoms with Crippen LogP contribution in [0.4, 0.5) is 8.78 Å². The molecule has 1 unspecified atom stereocenters. The highest BCUT2D eigenvalue weighted by atomic mass is 19.1. The van der Waals surface area contributed by atoms with E-state index in [4.69, 9.17) is 4.74 Å². The van der Waals surface area contributed by atoms with Gasteiger partial charge in [0.1, 0.15) is 11.6 Å². The molecule has 26 heavy (non-hydrogen) atoms. The van der Waals surface area contributed by atoms with E-state index in [1.54, 1.807) is 31.2 Å². The second kappa shape index (κ2) is 8.12. The highest BCUT2D eigenvalue weighted by molar-refractivity contribution is 5.35. The fraction of sp³-hybridized carbons (Fsp3) is 0.400. The lowest BCUT2D eigenvalue weighted by Gasteiger charge is -2.31. The molecular weight excluding hydrogens is 338 g/mol. The molecule has 0 radical (unpaired) electrons. The second-order valence-electron chi connectivity index (χ2n) is 6.82. The van der Waals surface area contributed by atoms with Crippen LogP contribution in [0.3, 0.4) is 0 Å². The van der Waals surface area contributed by atoms with Crippen LogP contribution in [0.2, 0.25) is 0 Å². The molecule has 3 rings (SSSR count). The molecule has 2 aromatic rings. The van der Waals surface area contributed by atoms with Crippen LogP contribution in [-0.4, -0.2) is 42.7 Å². The van der Waals surface area contributed by atoms with Gasteiger partial charge in [0.2, 0.25) is 0 Å². The summed E-state index contributed by atoms with van der Waals surface area (Å²) < 4.78 is 32.1. The number of benzene rings is 2. The van der Waals surface area contributed by atoms with Gasteiger partial charge in [0.25, 0.3) is 0 Å². The number of piperazine rings is 1. The molecule has 1 heterocycles. The summed E-state index contributed by atoms with van der Waals surface area (Å²) >= 11 is 0. The van der Waals surface area contributed by atoms with Crippen molar-refractivity contribution in [2.75, 3.05) is 32.7 Å². The predicted molar refractivity (Wildman–Crippen MR) is 96.4 cm³/mol. The average Bonchev–Trinajstić information content (AvgIpc) is 2.64. The molecule has 140 valence electrons. The third kappa shape index (κ3) is 4.78. The molecular formula is C20H24F2N2O2. The van der Waals surface area contributed by atoms with Crippen LogP contribution >= 0.6 is 0 Å². The SMILES string of the molecule is CC(O)(CCN1CCNCC1)c1ccc(Oc2ccc(F)cc2F)cc1. The van der Waals surface area contributed by atoms with Crippen LogP contribution in [0.15, 0.2) is 42.5 Å². The number of hydrogen-bond acceptors (Lipinski definition) is 4. The normalized spacial score (nSPS) is 17.7. The first-order valence-corrected chi connectivity index (χ1v) is 8.83. The van der Waals surface area contributed by atoms with Gasteiger partial charge < -0.3 is 20.1 Å². The maximum absolute atomic E-state index is 13.7. The molecule has 1 aliphatic heterocycles. The predicted octanol–water partition coefficient (Wildman–Crippen LogP) is 3.26. The van der Waals surface area contributed by atoms with Crippen molar-refractivity contribution in [3.63, 3.8) is 0 Å². The van der Waals surface area contributed by atoms with Gasteiger partial charge in [0.15, 0.2) is 11.6 Å². The van der Waals surface area contributed by atoms with E-state index in [0.29, 0.717) is 12.2 Å². The second-order valence-corrected chi connectivity index (χ2v) is 6.82. The molecule has 6 heteroatoms. The Labute approximate surface area is 152 Å². The zero-order valence-electron chi connectivity index (χ0n) is 14.8. The minimum absolute atomic E-state index is 0.0374. The molecule has 0 bridgehead atoms. The van der Waals surface area contributed by atoms with Gasteiger partial charge in [-0.2, -0.15) is 0 Å². The average molecular weight is 362 g/mol. The van der Waals surface area contributed by atoms with Gasteiger partial charge in [-0.25, -0.2) is 8.78 Å². The van der Waals surface area contributed by atoms with E-state index in [0.717, 1.165) is 50.4 Å². The monoisotopic (exact) mass is 362 g/mol. The molecule has 1 atom stereocenters. The lowest BCUT2D eigenvalue weighted by Crippen LogP contribution is -2.45. The number of ether oxygens (including phenoxy) is 1. The number of aliphatic hydroxyl groups is 1. The van der Waals surface area contributed by atoms with Gasteiger partial charge in [-0.05, 0) is 43.2 Å². The molecule has 1 aliphatic rings. The number of nitrogens with zero attached hydrogens (tertiary/aromatic N) is 1. The quantitative estimate of drug-likeness (QED) is 0.828. The molecule has 2 N–H and O–H groups in total. The molecule has 2 aromatic carbocycles. The van der Waals surface area contributed by atoms with Crippen LogP contribution in [0.5, 0.6) is 11.5 Å². The van der Waals surface area contributed by atoms with E-state index in [9.17, 15) is 13.9 Å². The fourth-order valence-corrected chi connectivity index (χ4v) is 3.02. The summed E-state index contributed by atoms with van der Waals surface area (Å²) in [5.41, 5.74) is -0.176. The number of hydrogen-bond donors (Lipinski definition) is 2. The van der Waals surface area contributed by atoms with Crippen molar-refractivity contribution in [2.24, 2.45) is 0 Å². The van der Waals surface area contributed by atoms with E-state index in [1.165, 1.54) is 6.07 Å². The maximum atomic E-state index is 13.7. The molecule has 0 aliphatic carbocycles. The van der Waals surface area contributed by atoms with Crippen LogP contribution in [0.25, 0.3) is 0 Å². The number of rotatable bonds is 6. The Balaban J connectivity index is 1.62. The van der Waals surface area contributed by atoms with Crippen LogP contribution in [0.1, 0.15) is 18.9 Å². The fourth-order valence-electron chi connectivity index (χ4n) is 3.02. The lowest BCUT2D eigenvalue weighted by atomic mass is 9.92. The largest absolute Gasteiger partial charge is 0.454 e. The highest BCUT2D eigenvalue weighted by Gasteiger charge is 2.24. The summed E-state index contributed by atoms with van der Waals surface area (Å²) in [5, 5.41) is 14.1. The summed E-state index contributed by atoms with van der Waals surface area (Å²) in [6.07, 6.45) is 0.625. The van der Waals surface area contributed by atoms with Crippen molar-refractivity contribution >= 4 is 0 Å². The van der Waals surface area contributed by atoms with E-state index in [2.05, 4.69) is 10.2 Å². The molecule has 0 amide bonds. The topological polar surface area (TPSA) is 44.7 Å². The number of nitrogens with one attached hydrogen (secondary N) is 1. The van der Waals surface area contributed by atoms with Gasteiger partial charge in [0.05, 0.1) is 5.60 Å². The smallest absolute Gasteiger partial charge is 0.168 e. The zero-order chi connectivity index (χ0) is 18.6. The zero-order valence-corrected chi connectivity index (χ0v) is 14.8. The van der Waals surface area contributed by atoms with Gasteiger partial charge in [-0.15, -0.1) is 0 Å². The van der Waals surface area contributed by atoms with Crippen molar-refractivity contribution in [3.8, 4) is 11.5 Å². The van der Waals surface area contributed by atoms with Crippen molar-refractivity contribution in [1.82, 2.24) is 10.2 Å². The van der Waals surface area contributed by atoms with Crippen molar-refractivity contribution in [2.45, 2.75) is 18.9 Å². The molecule has 1 saturated heterocycles. The standard InChI is InChI=1S/C20H24F2N2O2/c1-20(25,8-11-24-12-9-23-10-13-24)15-2-5-17(6-3-15)26-19-7-4-16(21)14-18(19)22/h2-7,14,23,25H,8-13H2,1H3. The van der Waals surface area contributed by atoms with Crippen molar-refractivity contribution < 1.29 is 18.6 Å². The van der Waals surface area contributed by atoms with Gasteiger partial charge >= 0.3 is 0 Å². The lowest BCUT2D eigenvalue weighted by molar-refractivity contribution is 0.0345. The molecule has 0 spiro atoms. The summed E-state index contributed by atoms with van der Waals surface area (Å²) in [4.78, 5) is 2.33. The Kier molecular flexibility index (Phi) is 5.86. The highest BCUT2D eigenvalue weighted by Crippen LogP contribution is 2.29. The first kappa shape index (κ1) is 18.8. The first-order valence-electron chi connectivity index (χ1n) is 8.83. The Morgan fingerprint density at radius 1 is 1.12 bits per heavy atom. The third-order valence-corrected chi connectivity index (χ3v) is 4.72. The van der Waals surface area contributed by atoms with E-state index in [-0.39, 0.29) is 5.75 Å². The van der Waals surface area contributed by atoms with E-state index < -0.39 is 17.2 Å². The minimum atomic E-state index is -0.954.